The lowest BCUT2D eigenvalue weighted by molar-refractivity contribution is 0.0594. The molecule has 1 aliphatic rings. The fraction of sp³-hybridized carbons (Fsp3) is 0.538. The van der Waals surface area contributed by atoms with Crippen molar-refractivity contribution in [3.63, 3.8) is 0 Å². The third-order valence-electron chi connectivity index (χ3n) is 3.79. The van der Waals surface area contributed by atoms with Crippen LogP contribution in [0.1, 0.15) is 34.2 Å². The van der Waals surface area contributed by atoms with Crippen LogP contribution < -0.4 is 5.73 Å². The summed E-state index contributed by atoms with van der Waals surface area (Å²) in [4.78, 5) is 19.0. The van der Waals surface area contributed by atoms with E-state index in [1.54, 1.807) is 10.9 Å². The van der Waals surface area contributed by atoms with Crippen LogP contribution in [0.5, 0.6) is 0 Å². The highest BCUT2D eigenvalue weighted by atomic mass is 32.1. The number of anilines is 1. The molecule has 22 heavy (non-hydrogen) atoms. The van der Waals surface area contributed by atoms with E-state index in [1.807, 2.05) is 6.20 Å². The van der Waals surface area contributed by atoms with Gasteiger partial charge in [-0.2, -0.15) is 0 Å². The van der Waals surface area contributed by atoms with Gasteiger partial charge in [0.05, 0.1) is 19.3 Å². The van der Waals surface area contributed by atoms with E-state index >= 15 is 0 Å². The van der Waals surface area contributed by atoms with Gasteiger partial charge in [0.15, 0.2) is 10.8 Å². The number of thiazole rings is 1. The summed E-state index contributed by atoms with van der Waals surface area (Å²) < 4.78 is 6.42. The van der Waals surface area contributed by atoms with Crippen molar-refractivity contribution in [1.82, 2.24) is 24.9 Å². The summed E-state index contributed by atoms with van der Waals surface area (Å²) in [7, 11) is 1.34. The van der Waals surface area contributed by atoms with Crippen molar-refractivity contribution in [3.05, 3.63) is 23.0 Å². The van der Waals surface area contributed by atoms with Crippen LogP contribution in [0.15, 0.2) is 12.4 Å². The zero-order valence-corrected chi connectivity index (χ0v) is 13.1. The highest BCUT2D eigenvalue weighted by Crippen LogP contribution is 2.24. The normalized spacial score (nSPS) is 16.8. The second-order valence-corrected chi connectivity index (χ2v) is 6.39. The van der Waals surface area contributed by atoms with E-state index in [0.29, 0.717) is 5.13 Å². The Morgan fingerprint density at radius 2 is 2.27 bits per heavy atom. The number of nitrogen functional groups attached to an aromatic ring is 1. The van der Waals surface area contributed by atoms with Crippen LogP contribution in [-0.2, 0) is 11.3 Å². The van der Waals surface area contributed by atoms with Gasteiger partial charge in [0.1, 0.15) is 0 Å². The number of rotatable bonds is 4. The lowest BCUT2D eigenvalue weighted by Gasteiger charge is -2.31. The van der Waals surface area contributed by atoms with Gasteiger partial charge in [-0.3, -0.25) is 4.90 Å². The lowest BCUT2D eigenvalue weighted by Crippen LogP contribution is -2.34. The maximum absolute atomic E-state index is 11.4. The molecule has 1 fully saturated rings. The van der Waals surface area contributed by atoms with Crippen molar-refractivity contribution < 1.29 is 9.53 Å². The first kappa shape index (κ1) is 14.9. The Morgan fingerprint density at radius 1 is 1.50 bits per heavy atom. The predicted molar refractivity (Wildman–Crippen MR) is 81.4 cm³/mol. The topological polar surface area (TPSA) is 99.2 Å². The molecular formula is C13H18N6O2S. The molecule has 2 N–H and O–H groups in total. The number of ether oxygens (including phenoxy) is 1. The molecule has 0 radical (unpaired) electrons. The van der Waals surface area contributed by atoms with E-state index in [4.69, 9.17) is 5.73 Å². The van der Waals surface area contributed by atoms with Crippen molar-refractivity contribution >= 4 is 22.4 Å². The monoisotopic (exact) mass is 322 g/mol. The zero-order valence-electron chi connectivity index (χ0n) is 12.3. The number of likely N-dealkylation sites (tertiary alicyclic amines) is 1. The number of hydrogen-bond acceptors (Lipinski definition) is 8. The Kier molecular flexibility index (Phi) is 4.34. The molecule has 3 rings (SSSR count). The van der Waals surface area contributed by atoms with Crippen LogP contribution in [0.4, 0.5) is 5.13 Å². The molecule has 0 atom stereocenters. The molecule has 0 unspecified atom stereocenters. The number of carbonyl (C=O) groups excluding carboxylic acids is 1. The van der Waals surface area contributed by atoms with Gasteiger partial charge < -0.3 is 10.5 Å². The Balaban J connectivity index is 1.55. The van der Waals surface area contributed by atoms with Crippen molar-refractivity contribution in [2.75, 3.05) is 25.9 Å². The molecule has 3 heterocycles. The first-order chi connectivity index (χ1) is 10.7. The van der Waals surface area contributed by atoms with Crippen molar-refractivity contribution in [2.24, 2.45) is 0 Å². The first-order valence-corrected chi connectivity index (χ1v) is 7.90. The van der Waals surface area contributed by atoms with Gasteiger partial charge in [0, 0.05) is 30.7 Å². The summed E-state index contributed by atoms with van der Waals surface area (Å²) in [6, 6.07) is 0.272. The van der Waals surface area contributed by atoms with Gasteiger partial charge in [0.25, 0.3) is 0 Å². The molecule has 9 heteroatoms. The number of piperidine rings is 1. The molecule has 0 aliphatic carbocycles. The summed E-state index contributed by atoms with van der Waals surface area (Å²) >= 11 is 1.53. The molecule has 1 aliphatic heterocycles. The molecule has 2 aromatic rings. The molecule has 0 saturated carbocycles. The Hall–Kier alpha value is -2.00. The van der Waals surface area contributed by atoms with Crippen LogP contribution >= 0.6 is 11.3 Å². The molecule has 8 nitrogen and oxygen atoms in total. The van der Waals surface area contributed by atoms with Crippen LogP contribution in [0, 0.1) is 0 Å². The number of esters is 1. The number of carbonyl (C=O) groups is 1. The highest BCUT2D eigenvalue weighted by Gasteiger charge is 2.23. The summed E-state index contributed by atoms with van der Waals surface area (Å²) in [6.07, 6.45) is 5.44. The van der Waals surface area contributed by atoms with E-state index in [2.05, 4.69) is 24.9 Å². The average Bonchev–Trinajstić information content (AvgIpc) is 3.17. The molecule has 0 amide bonds. The lowest BCUT2D eigenvalue weighted by atomic mass is 10.1. The van der Waals surface area contributed by atoms with Gasteiger partial charge in [-0.15, -0.1) is 16.4 Å². The third kappa shape index (κ3) is 3.25. The molecule has 0 spiro atoms. The van der Waals surface area contributed by atoms with Crippen LogP contribution in [0.25, 0.3) is 0 Å². The maximum atomic E-state index is 11.4. The second kappa shape index (κ2) is 6.41. The maximum Gasteiger partial charge on any atom is 0.360 e. The Morgan fingerprint density at radius 3 is 2.91 bits per heavy atom. The summed E-state index contributed by atoms with van der Waals surface area (Å²) in [5, 5.41) is 8.51. The number of nitrogens with two attached hydrogens (primary N) is 1. The standard InChI is InChI=1S/C13H18N6O2S/c1-21-12(20)11-8-19(17-16-11)9-2-4-18(5-3-9)7-10-6-15-13(14)22-10/h6,8-9H,2-5,7H2,1H3,(H2,14,15). The van der Waals surface area contributed by atoms with E-state index < -0.39 is 5.97 Å². The minimum absolute atomic E-state index is 0.255. The summed E-state index contributed by atoms with van der Waals surface area (Å²) in [5.41, 5.74) is 5.91. The van der Waals surface area contributed by atoms with Gasteiger partial charge in [-0.1, -0.05) is 5.21 Å². The average molecular weight is 322 g/mol. The first-order valence-electron chi connectivity index (χ1n) is 7.08. The number of hydrogen-bond donors (Lipinski definition) is 1. The summed E-state index contributed by atoms with van der Waals surface area (Å²) in [5.74, 6) is -0.452. The SMILES string of the molecule is COC(=O)c1cn(C2CCN(Cc3cnc(N)s3)CC2)nn1. The van der Waals surface area contributed by atoms with Gasteiger partial charge in [0.2, 0.25) is 0 Å². The highest BCUT2D eigenvalue weighted by molar-refractivity contribution is 7.15. The van der Waals surface area contributed by atoms with E-state index in [1.165, 1.54) is 23.3 Å². The van der Waals surface area contributed by atoms with E-state index in [0.717, 1.165) is 32.5 Å². The molecular weight excluding hydrogens is 304 g/mol. The van der Waals surface area contributed by atoms with Crippen LogP contribution in [-0.4, -0.2) is 51.0 Å². The van der Waals surface area contributed by atoms with Crippen molar-refractivity contribution in [1.29, 1.82) is 0 Å². The van der Waals surface area contributed by atoms with Crippen LogP contribution in [0.2, 0.25) is 0 Å². The minimum atomic E-state index is -0.452. The quantitative estimate of drug-likeness (QED) is 0.836. The fourth-order valence-corrected chi connectivity index (χ4v) is 3.34. The van der Waals surface area contributed by atoms with Crippen LogP contribution in [0.3, 0.4) is 0 Å². The van der Waals surface area contributed by atoms with E-state index in [9.17, 15) is 4.79 Å². The number of nitrogens with zero attached hydrogens (tertiary/aromatic N) is 5. The zero-order chi connectivity index (χ0) is 15.5. The smallest absolute Gasteiger partial charge is 0.360 e. The third-order valence-corrected chi connectivity index (χ3v) is 4.60. The number of methoxy groups -OCH3 is 1. The van der Waals surface area contributed by atoms with Gasteiger partial charge in [-0.25, -0.2) is 14.5 Å². The Labute approximate surface area is 131 Å². The van der Waals surface area contributed by atoms with E-state index in [-0.39, 0.29) is 11.7 Å². The molecule has 1 saturated heterocycles. The molecule has 2 aromatic heterocycles. The van der Waals surface area contributed by atoms with Crippen molar-refractivity contribution in [3.8, 4) is 0 Å². The van der Waals surface area contributed by atoms with Crippen molar-refractivity contribution in [2.45, 2.75) is 25.4 Å². The fourth-order valence-electron chi connectivity index (χ4n) is 2.61. The van der Waals surface area contributed by atoms with Gasteiger partial charge in [-0.05, 0) is 12.8 Å². The largest absolute Gasteiger partial charge is 0.464 e. The molecule has 118 valence electrons. The molecule has 0 aromatic carbocycles. The minimum Gasteiger partial charge on any atom is -0.464 e. The number of aromatic nitrogens is 4. The molecule has 0 bridgehead atoms. The summed E-state index contributed by atoms with van der Waals surface area (Å²) in [6.45, 7) is 2.82. The van der Waals surface area contributed by atoms with Gasteiger partial charge >= 0.3 is 5.97 Å². The second-order valence-electron chi connectivity index (χ2n) is 5.25. The predicted octanol–water partition coefficient (Wildman–Crippen LogP) is 0.941. The Bertz CT molecular complexity index is 647.